The third-order valence-electron chi connectivity index (χ3n) is 6.40. The number of methoxy groups -OCH3 is 1. The lowest BCUT2D eigenvalue weighted by Crippen LogP contribution is -2.30. The van der Waals surface area contributed by atoms with Gasteiger partial charge in [-0.25, -0.2) is 0 Å². The maximum atomic E-state index is 11.3. The second kappa shape index (κ2) is 11.9. The van der Waals surface area contributed by atoms with Gasteiger partial charge in [-0.15, -0.1) is 0 Å². The number of nitrogens with zero attached hydrogens (tertiary/aromatic N) is 1. The maximum Gasteiger partial charge on any atom is 0.308 e. The van der Waals surface area contributed by atoms with Gasteiger partial charge in [-0.1, -0.05) is 49.2 Å². The van der Waals surface area contributed by atoms with Gasteiger partial charge in [0.15, 0.2) is 23.1 Å². The molecule has 2 atom stereocenters. The molecule has 0 amide bonds. The molecule has 1 aromatic heterocycles. The van der Waals surface area contributed by atoms with Crippen molar-refractivity contribution in [1.82, 2.24) is 4.57 Å². The van der Waals surface area contributed by atoms with Crippen molar-refractivity contribution in [3.05, 3.63) is 65.7 Å². The molecule has 8 heteroatoms. The van der Waals surface area contributed by atoms with E-state index < -0.39 is 5.97 Å². The highest BCUT2D eigenvalue weighted by molar-refractivity contribution is 5.70. The van der Waals surface area contributed by atoms with Crippen LogP contribution in [-0.4, -0.2) is 40.6 Å². The molecule has 192 valence electrons. The van der Waals surface area contributed by atoms with Gasteiger partial charge in [0.2, 0.25) is 5.88 Å². The topological polar surface area (TPSA) is 99.4 Å². The van der Waals surface area contributed by atoms with Crippen molar-refractivity contribution >= 4 is 5.97 Å². The molecule has 0 radical (unpaired) electrons. The Bertz CT molecular complexity index is 1160. The maximum absolute atomic E-state index is 11.3. The van der Waals surface area contributed by atoms with Crippen LogP contribution >= 0.6 is 0 Å². The van der Waals surface area contributed by atoms with E-state index in [2.05, 4.69) is 0 Å². The van der Waals surface area contributed by atoms with Crippen molar-refractivity contribution in [3.8, 4) is 29.0 Å². The molecule has 0 unspecified atom stereocenters. The number of hydrogen-bond donors (Lipinski definition) is 2. The summed E-state index contributed by atoms with van der Waals surface area (Å²) in [7, 11) is 1.62. The van der Waals surface area contributed by atoms with Crippen LogP contribution in [0.5, 0.6) is 29.0 Å². The molecule has 1 saturated carbocycles. The predicted octanol–water partition coefficient (Wildman–Crippen LogP) is 5.16. The summed E-state index contributed by atoms with van der Waals surface area (Å²) in [6.45, 7) is 2.17. The van der Waals surface area contributed by atoms with Crippen molar-refractivity contribution < 1.29 is 34.0 Å². The molecule has 36 heavy (non-hydrogen) atoms. The fraction of sp³-hybridized carbons (Fsp3) is 0.393. The monoisotopic (exact) mass is 495 g/mol. The van der Waals surface area contributed by atoms with Crippen molar-refractivity contribution in [2.75, 3.05) is 13.7 Å². The molecule has 0 bridgehead atoms. The van der Waals surface area contributed by atoms with Gasteiger partial charge in [0.1, 0.15) is 6.61 Å². The normalized spacial score (nSPS) is 17.5. The summed E-state index contributed by atoms with van der Waals surface area (Å²) < 4.78 is 24.1. The summed E-state index contributed by atoms with van der Waals surface area (Å²) in [5, 5.41) is 21.0. The molecule has 0 aliphatic heterocycles. The van der Waals surface area contributed by atoms with Crippen LogP contribution in [0.2, 0.25) is 0 Å². The van der Waals surface area contributed by atoms with Crippen LogP contribution in [0.4, 0.5) is 0 Å². The number of carbonyl (C=O) groups excluding carboxylic acids is 1. The fourth-order valence-electron chi connectivity index (χ4n) is 4.65. The van der Waals surface area contributed by atoms with Gasteiger partial charge in [-0.3, -0.25) is 9.36 Å². The van der Waals surface area contributed by atoms with E-state index in [4.69, 9.17) is 18.9 Å². The Morgan fingerprint density at radius 2 is 1.75 bits per heavy atom. The second-order valence-corrected chi connectivity index (χ2v) is 8.92. The molecule has 1 fully saturated rings. The van der Waals surface area contributed by atoms with Gasteiger partial charge < -0.3 is 29.2 Å². The number of hydrogen-bond acceptors (Lipinski definition) is 7. The van der Waals surface area contributed by atoms with Crippen LogP contribution in [0.3, 0.4) is 0 Å². The third kappa shape index (κ3) is 6.12. The Balaban J connectivity index is 1.37. The number of benzene rings is 2. The Kier molecular flexibility index (Phi) is 8.38. The van der Waals surface area contributed by atoms with Gasteiger partial charge in [-0.05, 0) is 42.5 Å². The largest absolute Gasteiger partial charge is 0.494 e. The summed E-state index contributed by atoms with van der Waals surface area (Å²) >= 11 is 0. The molecule has 3 aromatic rings. The molecule has 1 aliphatic rings. The van der Waals surface area contributed by atoms with Crippen LogP contribution in [0.15, 0.2) is 54.6 Å². The van der Waals surface area contributed by atoms with Crippen molar-refractivity contribution in [3.63, 3.8) is 0 Å². The number of rotatable bonds is 10. The highest BCUT2D eigenvalue weighted by atomic mass is 16.5. The van der Waals surface area contributed by atoms with Crippen LogP contribution in [0.1, 0.15) is 49.8 Å². The number of ether oxygens (including phenoxy) is 4. The first-order valence-electron chi connectivity index (χ1n) is 12.2. The van der Waals surface area contributed by atoms with E-state index in [0.717, 1.165) is 36.8 Å². The molecule has 2 aromatic carbocycles. The average Bonchev–Trinajstić information content (AvgIpc) is 3.15. The summed E-state index contributed by atoms with van der Waals surface area (Å²) in [4.78, 5) is 11.3. The molecule has 1 aliphatic carbocycles. The van der Waals surface area contributed by atoms with Crippen molar-refractivity contribution in [1.29, 1.82) is 0 Å². The lowest BCUT2D eigenvalue weighted by atomic mass is 9.92. The lowest BCUT2D eigenvalue weighted by molar-refractivity contribution is -0.132. The Hall–Kier alpha value is -3.65. The average molecular weight is 496 g/mol. The van der Waals surface area contributed by atoms with Crippen molar-refractivity contribution in [2.45, 2.75) is 57.8 Å². The highest BCUT2D eigenvalue weighted by Crippen LogP contribution is 2.43. The fourth-order valence-corrected chi connectivity index (χ4v) is 4.65. The van der Waals surface area contributed by atoms with Crippen LogP contribution < -0.4 is 14.2 Å². The minimum Gasteiger partial charge on any atom is -0.494 e. The quantitative estimate of drug-likeness (QED) is 0.375. The molecule has 8 nitrogen and oxygen atoms in total. The second-order valence-electron chi connectivity index (χ2n) is 8.92. The molecular weight excluding hydrogens is 462 g/mol. The molecule has 4 rings (SSSR count). The Morgan fingerprint density at radius 3 is 2.50 bits per heavy atom. The Morgan fingerprint density at radius 1 is 0.972 bits per heavy atom. The summed E-state index contributed by atoms with van der Waals surface area (Å²) in [5.41, 5.74) is 2.13. The zero-order chi connectivity index (χ0) is 25.5. The number of esters is 1. The van der Waals surface area contributed by atoms with Crippen LogP contribution in [0.25, 0.3) is 0 Å². The lowest BCUT2D eigenvalue weighted by Gasteiger charge is -2.33. The number of aromatic nitrogens is 1. The minimum atomic E-state index is -0.564. The third-order valence-corrected chi connectivity index (χ3v) is 6.40. The summed E-state index contributed by atoms with van der Waals surface area (Å²) in [6, 6.07) is 16.8. The van der Waals surface area contributed by atoms with E-state index in [9.17, 15) is 15.0 Å². The zero-order valence-electron chi connectivity index (χ0n) is 20.7. The van der Waals surface area contributed by atoms with E-state index >= 15 is 0 Å². The van der Waals surface area contributed by atoms with Gasteiger partial charge in [0.05, 0.1) is 25.9 Å². The standard InChI is InChI=1S/C28H33NO7/c1-19(30)36-26-17-27(31)29(28(26)32)22-10-6-7-11-23(22)34-15-14-20-12-13-24(25(16-20)33-2)35-18-21-8-4-3-5-9-21/h3-5,8-9,12-13,16-17,22-23,31-32H,6-7,10-11,14-15,18H2,1-2H3/t22-,23-/m1/s1. The molecule has 0 saturated heterocycles. The molecule has 1 heterocycles. The van der Waals surface area contributed by atoms with E-state index in [0.29, 0.717) is 31.1 Å². The first-order chi connectivity index (χ1) is 17.5. The van der Waals surface area contributed by atoms with Crippen LogP contribution in [-0.2, 0) is 22.6 Å². The van der Waals surface area contributed by atoms with Gasteiger partial charge in [-0.2, -0.15) is 0 Å². The zero-order valence-corrected chi connectivity index (χ0v) is 20.7. The van der Waals surface area contributed by atoms with Gasteiger partial charge >= 0.3 is 5.97 Å². The number of aromatic hydroxyl groups is 2. The van der Waals surface area contributed by atoms with E-state index in [-0.39, 0.29) is 29.7 Å². The summed E-state index contributed by atoms with van der Waals surface area (Å²) in [5.74, 6) is 0.315. The molecule has 2 N–H and O–H groups in total. The SMILES string of the molecule is COc1cc(CCO[C@@H]2CCCC[C@H]2n2c(O)cc(OC(C)=O)c2O)ccc1OCc1ccccc1. The van der Waals surface area contributed by atoms with Crippen LogP contribution in [0, 0.1) is 0 Å². The van der Waals surface area contributed by atoms with Crippen molar-refractivity contribution in [2.24, 2.45) is 0 Å². The smallest absolute Gasteiger partial charge is 0.308 e. The minimum absolute atomic E-state index is 0.0500. The number of carbonyl (C=O) groups is 1. The van der Waals surface area contributed by atoms with Gasteiger partial charge in [0.25, 0.3) is 0 Å². The van der Waals surface area contributed by atoms with E-state index in [1.54, 1.807) is 7.11 Å². The predicted molar refractivity (Wildman–Crippen MR) is 134 cm³/mol. The van der Waals surface area contributed by atoms with E-state index in [1.165, 1.54) is 17.6 Å². The first-order valence-corrected chi connectivity index (χ1v) is 12.2. The Labute approximate surface area is 211 Å². The summed E-state index contributed by atoms with van der Waals surface area (Å²) in [6.07, 6.45) is 3.97. The van der Waals surface area contributed by atoms with Gasteiger partial charge in [0, 0.05) is 13.0 Å². The highest BCUT2D eigenvalue weighted by Gasteiger charge is 2.32. The molecular formula is C28H33NO7. The molecule has 0 spiro atoms. The first kappa shape index (κ1) is 25.4. The van der Waals surface area contributed by atoms with E-state index in [1.807, 2.05) is 48.5 Å².